The van der Waals surface area contributed by atoms with Crippen LogP contribution in [0.1, 0.15) is 15.9 Å². The molecule has 0 aliphatic carbocycles. The molecule has 0 radical (unpaired) electrons. The Kier molecular flexibility index (Phi) is 3.49. The quantitative estimate of drug-likeness (QED) is 0.724. The van der Waals surface area contributed by atoms with E-state index < -0.39 is 10.0 Å². The summed E-state index contributed by atoms with van der Waals surface area (Å²) in [6.45, 7) is 1.87. The maximum absolute atomic E-state index is 12.9. The van der Waals surface area contributed by atoms with Crippen molar-refractivity contribution in [2.75, 3.05) is 10.0 Å². The summed E-state index contributed by atoms with van der Waals surface area (Å²) in [6, 6.07) is 13.2. The molecule has 0 saturated heterocycles. The van der Waals surface area contributed by atoms with Crippen molar-refractivity contribution < 1.29 is 13.2 Å². The minimum Gasteiger partial charge on any atom is -0.321 e. The van der Waals surface area contributed by atoms with E-state index in [1.54, 1.807) is 42.5 Å². The minimum absolute atomic E-state index is 0.0984. The van der Waals surface area contributed by atoms with Gasteiger partial charge >= 0.3 is 0 Å². The molecule has 0 aromatic heterocycles. The van der Waals surface area contributed by atoms with E-state index in [1.165, 1.54) is 6.07 Å². The fourth-order valence-corrected chi connectivity index (χ4v) is 4.62. The molecule has 1 aliphatic rings. The fraction of sp³-hybridized carbons (Fsp3) is 0.0556. The number of carbonyl (C=O) groups is 1. The largest absolute Gasteiger partial charge is 0.321 e. The Labute approximate surface area is 149 Å². The monoisotopic (exact) mass is 372 g/mol. The van der Waals surface area contributed by atoms with Crippen molar-refractivity contribution in [3.63, 3.8) is 0 Å². The highest BCUT2D eigenvalue weighted by molar-refractivity contribution is 7.93. The Morgan fingerprint density at radius 2 is 1.88 bits per heavy atom. The summed E-state index contributed by atoms with van der Waals surface area (Å²) in [5.41, 5.74) is 2.33. The van der Waals surface area contributed by atoms with Crippen LogP contribution in [0.2, 0.25) is 5.02 Å². The van der Waals surface area contributed by atoms with Gasteiger partial charge in [-0.2, -0.15) is 0 Å². The summed E-state index contributed by atoms with van der Waals surface area (Å²) in [4.78, 5) is 12.1. The average molecular weight is 373 g/mol. The van der Waals surface area contributed by atoms with E-state index in [-0.39, 0.29) is 10.8 Å². The molecule has 1 aliphatic heterocycles. The van der Waals surface area contributed by atoms with Gasteiger partial charge in [0.2, 0.25) is 0 Å². The lowest BCUT2D eigenvalue weighted by Gasteiger charge is -2.12. The molecule has 25 heavy (non-hydrogen) atoms. The van der Waals surface area contributed by atoms with Crippen molar-refractivity contribution in [3.05, 3.63) is 64.7 Å². The zero-order chi connectivity index (χ0) is 17.8. The molecule has 3 aromatic carbocycles. The van der Waals surface area contributed by atoms with Gasteiger partial charge in [-0.3, -0.25) is 9.52 Å². The first kappa shape index (κ1) is 15.9. The summed E-state index contributed by atoms with van der Waals surface area (Å²) in [5, 5.41) is 4.17. The Morgan fingerprint density at radius 3 is 2.64 bits per heavy atom. The van der Waals surface area contributed by atoms with Crippen LogP contribution in [0.25, 0.3) is 10.8 Å². The number of amides is 1. The van der Waals surface area contributed by atoms with Gasteiger partial charge in [0.05, 0.1) is 15.6 Å². The highest BCUT2D eigenvalue weighted by Crippen LogP contribution is 2.37. The summed E-state index contributed by atoms with van der Waals surface area (Å²) in [7, 11) is -3.87. The first-order valence-corrected chi connectivity index (χ1v) is 9.39. The average Bonchev–Trinajstić information content (AvgIpc) is 2.88. The number of halogens is 1. The molecule has 1 amide bonds. The third-order valence-electron chi connectivity index (χ3n) is 4.15. The molecule has 5 nitrogen and oxygen atoms in total. The minimum atomic E-state index is -3.87. The third kappa shape index (κ3) is 2.54. The molecule has 7 heteroatoms. The number of sulfonamides is 1. The van der Waals surface area contributed by atoms with Crippen molar-refractivity contribution in [3.8, 4) is 0 Å². The van der Waals surface area contributed by atoms with Gasteiger partial charge in [-0.05, 0) is 42.8 Å². The Balaban J connectivity index is 1.87. The van der Waals surface area contributed by atoms with E-state index in [0.29, 0.717) is 32.7 Å². The van der Waals surface area contributed by atoms with Crippen molar-refractivity contribution in [2.24, 2.45) is 0 Å². The molecule has 0 fully saturated rings. The Hall–Kier alpha value is -2.57. The number of benzene rings is 3. The van der Waals surface area contributed by atoms with Gasteiger partial charge in [0.15, 0.2) is 0 Å². The molecule has 0 atom stereocenters. The zero-order valence-corrected chi connectivity index (χ0v) is 14.7. The van der Waals surface area contributed by atoms with E-state index in [4.69, 9.17) is 11.6 Å². The second-order valence-electron chi connectivity index (χ2n) is 5.88. The first-order chi connectivity index (χ1) is 11.9. The number of nitrogens with one attached hydrogen (secondary N) is 2. The maximum atomic E-state index is 12.9. The van der Waals surface area contributed by atoms with Crippen LogP contribution in [0.4, 0.5) is 11.4 Å². The van der Waals surface area contributed by atoms with E-state index in [2.05, 4.69) is 10.0 Å². The van der Waals surface area contributed by atoms with Gasteiger partial charge in [-0.1, -0.05) is 29.8 Å². The van der Waals surface area contributed by atoms with Crippen LogP contribution >= 0.6 is 11.6 Å². The van der Waals surface area contributed by atoms with E-state index in [9.17, 15) is 13.2 Å². The molecular formula is C18H13ClN2O3S. The van der Waals surface area contributed by atoms with Crippen molar-refractivity contribution in [1.82, 2.24) is 0 Å². The van der Waals surface area contributed by atoms with Gasteiger partial charge < -0.3 is 5.32 Å². The van der Waals surface area contributed by atoms with Gasteiger partial charge in [0, 0.05) is 22.0 Å². The second-order valence-corrected chi connectivity index (χ2v) is 7.94. The predicted octanol–water partition coefficient (Wildman–Crippen LogP) is 4.17. The van der Waals surface area contributed by atoms with Crippen molar-refractivity contribution >= 4 is 49.7 Å². The number of aryl methyl sites for hydroxylation is 1. The van der Waals surface area contributed by atoms with E-state index >= 15 is 0 Å². The number of hydrogen-bond donors (Lipinski definition) is 2. The van der Waals surface area contributed by atoms with Crippen LogP contribution in [0.5, 0.6) is 0 Å². The van der Waals surface area contributed by atoms with Crippen LogP contribution in [-0.4, -0.2) is 14.3 Å². The van der Waals surface area contributed by atoms with E-state index in [0.717, 1.165) is 5.56 Å². The molecule has 2 N–H and O–H groups in total. The SMILES string of the molecule is Cc1ccc(NS(=O)(=O)c2ccc3c4c(cccc24)C(=O)N3)c(Cl)c1. The second kappa shape index (κ2) is 5.47. The molecule has 1 heterocycles. The standard InChI is InChI=1S/C18H13ClN2O3S/c1-10-5-6-14(13(19)9-10)21-25(23,24)16-8-7-15-17-11(16)3-2-4-12(17)18(22)20-15/h2-9,21H,1H3,(H,20,22). The van der Waals surface area contributed by atoms with Crippen LogP contribution in [0.15, 0.2) is 53.4 Å². The number of rotatable bonds is 3. The number of hydrogen-bond acceptors (Lipinski definition) is 3. The molecular weight excluding hydrogens is 360 g/mol. The predicted molar refractivity (Wildman–Crippen MR) is 98.9 cm³/mol. The Bertz CT molecular complexity index is 1160. The summed E-state index contributed by atoms with van der Waals surface area (Å²) in [5.74, 6) is -0.232. The summed E-state index contributed by atoms with van der Waals surface area (Å²) >= 11 is 6.14. The first-order valence-electron chi connectivity index (χ1n) is 7.53. The molecule has 4 rings (SSSR count). The number of carbonyl (C=O) groups excluding carboxylic acids is 1. The van der Waals surface area contributed by atoms with Gasteiger partial charge in [-0.25, -0.2) is 8.42 Å². The normalized spacial score (nSPS) is 13.1. The molecule has 0 saturated carbocycles. The van der Waals surface area contributed by atoms with Gasteiger partial charge in [0.1, 0.15) is 0 Å². The van der Waals surface area contributed by atoms with Crippen LogP contribution in [0.3, 0.4) is 0 Å². The van der Waals surface area contributed by atoms with E-state index in [1.807, 2.05) is 6.92 Å². The summed E-state index contributed by atoms with van der Waals surface area (Å²) < 4.78 is 28.3. The van der Waals surface area contributed by atoms with Gasteiger partial charge in [0.25, 0.3) is 15.9 Å². The fourth-order valence-electron chi connectivity index (χ4n) is 3.00. The zero-order valence-electron chi connectivity index (χ0n) is 13.1. The smallest absolute Gasteiger partial charge is 0.262 e. The lowest BCUT2D eigenvalue weighted by molar-refractivity contribution is 0.103. The lowest BCUT2D eigenvalue weighted by atomic mass is 10.1. The highest BCUT2D eigenvalue weighted by Gasteiger charge is 2.26. The summed E-state index contributed by atoms with van der Waals surface area (Å²) in [6.07, 6.45) is 0. The molecule has 0 spiro atoms. The number of anilines is 2. The van der Waals surface area contributed by atoms with Crippen LogP contribution in [-0.2, 0) is 10.0 Å². The van der Waals surface area contributed by atoms with Crippen LogP contribution < -0.4 is 10.0 Å². The molecule has 0 unspecified atom stereocenters. The van der Waals surface area contributed by atoms with Crippen LogP contribution in [0, 0.1) is 6.92 Å². The highest BCUT2D eigenvalue weighted by atomic mass is 35.5. The molecule has 3 aromatic rings. The maximum Gasteiger partial charge on any atom is 0.262 e. The third-order valence-corrected chi connectivity index (χ3v) is 5.89. The molecule has 0 bridgehead atoms. The van der Waals surface area contributed by atoms with Crippen molar-refractivity contribution in [1.29, 1.82) is 0 Å². The van der Waals surface area contributed by atoms with Crippen molar-refractivity contribution in [2.45, 2.75) is 11.8 Å². The molecule has 126 valence electrons. The Morgan fingerprint density at radius 1 is 1.08 bits per heavy atom. The van der Waals surface area contributed by atoms with Gasteiger partial charge in [-0.15, -0.1) is 0 Å². The topological polar surface area (TPSA) is 75.3 Å². The lowest BCUT2D eigenvalue weighted by Crippen LogP contribution is -2.13.